The number of sulfonamides is 1. The Morgan fingerprint density at radius 3 is 2.46 bits per heavy atom. The molecular formula is C18H29N3O2S. The molecule has 1 atom stereocenters. The van der Waals surface area contributed by atoms with Crippen molar-refractivity contribution >= 4 is 10.0 Å². The first-order valence-corrected chi connectivity index (χ1v) is 10.6. The number of benzene rings is 1. The van der Waals surface area contributed by atoms with Crippen LogP contribution in [0.25, 0.3) is 0 Å². The quantitative estimate of drug-likeness (QED) is 0.873. The summed E-state index contributed by atoms with van der Waals surface area (Å²) in [5.41, 5.74) is 2.40. The molecule has 3 rings (SSSR count). The lowest BCUT2D eigenvalue weighted by Crippen LogP contribution is -2.49. The molecule has 0 radical (unpaired) electrons. The van der Waals surface area contributed by atoms with E-state index in [1.165, 1.54) is 5.56 Å². The maximum Gasteiger partial charge on any atom is 0.243 e. The van der Waals surface area contributed by atoms with Gasteiger partial charge in [-0.2, -0.15) is 4.31 Å². The molecule has 2 aliphatic heterocycles. The van der Waals surface area contributed by atoms with Crippen LogP contribution in [0.4, 0.5) is 0 Å². The lowest BCUT2D eigenvalue weighted by Gasteiger charge is -2.32. The van der Waals surface area contributed by atoms with Crippen LogP contribution in [0.5, 0.6) is 0 Å². The van der Waals surface area contributed by atoms with Gasteiger partial charge in [0.2, 0.25) is 10.0 Å². The number of hydrogen-bond acceptors (Lipinski definition) is 4. The number of rotatable bonds is 5. The molecule has 2 fully saturated rings. The van der Waals surface area contributed by atoms with Crippen LogP contribution in [-0.4, -0.2) is 62.9 Å². The van der Waals surface area contributed by atoms with E-state index in [2.05, 4.69) is 24.1 Å². The number of piperazine rings is 1. The highest BCUT2D eigenvalue weighted by Gasteiger charge is 2.35. The second-order valence-corrected chi connectivity index (χ2v) is 8.67. The molecule has 2 saturated heterocycles. The van der Waals surface area contributed by atoms with Crippen molar-refractivity contribution in [2.45, 2.75) is 44.0 Å². The fraction of sp³-hybridized carbons (Fsp3) is 0.667. The molecule has 0 spiro atoms. The molecule has 2 heterocycles. The second kappa shape index (κ2) is 7.52. The summed E-state index contributed by atoms with van der Waals surface area (Å²) in [6.07, 6.45) is 2.75. The Labute approximate surface area is 146 Å². The van der Waals surface area contributed by atoms with Gasteiger partial charge in [-0.15, -0.1) is 0 Å². The molecule has 0 bridgehead atoms. The largest absolute Gasteiger partial charge is 0.314 e. The highest BCUT2D eigenvalue weighted by Crippen LogP contribution is 2.26. The Morgan fingerprint density at radius 2 is 1.79 bits per heavy atom. The van der Waals surface area contributed by atoms with Crippen LogP contribution in [0.3, 0.4) is 0 Å². The molecule has 5 nitrogen and oxygen atoms in total. The zero-order valence-electron chi connectivity index (χ0n) is 14.8. The molecule has 1 N–H and O–H groups in total. The van der Waals surface area contributed by atoms with Crippen LogP contribution in [-0.2, 0) is 22.9 Å². The molecule has 0 aliphatic carbocycles. The Balaban J connectivity index is 1.76. The summed E-state index contributed by atoms with van der Waals surface area (Å²) >= 11 is 0. The minimum absolute atomic E-state index is 0.363. The fourth-order valence-corrected chi connectivity index (χ4v) is 5.40. The number of hydrogen-bond donors (Lipinski definition) is 1. The van der Waals surface area contributed by atoms with Crippen LogP contribution in [0, 0.1) is 0 Å². The third-order valence-electron chi connectivity index (χ3n) is 5.37. The highest BCUT2D eigenvalue weighted by molar-refractivity contribution is 7.89. The Morgan fingerprint density at radius 1 is 1.08 bits per heavy atom. The molecular weight excluding hydrogens is 322 g/mol. The van der Waals surface area contributed by atoms with E-state index >= 15 is 0 Å². The van der Waals surface area contributed by atoms with Crippen LogP contribution < -0.4 is 5.32 Å². The van der Waals surface area contributed by atoms with Gasteiger partial charge in [-0.25, -0.2) is 8.42 Å². The minimum Gasteiger partial charge on any atom is -0.314 e. The van der Waals surface area contributed by atoms with Gasteiger partial charge in [0.05, 0.1) is 4.90 Å². The summed E-state index contributed by atoms with van der Waals surface area (Å²) in [7, 11) is -3.38. The third kappa shape index (κ3) is 3.52. The first-order valence-electron chi connectivity index (χ1n) is 9.13. The Bertz CT molecular complexity index is 669. The van der Waals surface area contributed by atoms with Gasteiger partial charge in [-0.05, 0) is 42.5 Å². The Hall–Kier alpha value is -0.950. The Kier molecular flexibility index (Phi) is 5.59. The predicted molar refractivity (Wildman–Crippen MR) is 96.8 cm³/mol. The minimum atomic E-state index is -3.38. The van der Waals surface area contributed by atoms with E-state index < -0.39 is 10.0 Å². The maximum atomic E-state index is 13.0. The van der Waals surface area contributed by atoms with Crippen molar-refractivity contribution in [1.29, 1.82) is 0 Å². The standard InChI is InChI=1S/C18H29N3O2S/c1-3-15-5-6-18(13-16(15)4-2)24(22,23)21-10-7-17(14-21)20-11-8-19-9-12-20/h5-6,13,17,19H,3-4,7-12,14H2,1-2H3. The molecule has 0 saturated carbocycles. The van der Waals surface area contributed by atoms with Gasteiger partial charge >= 0.3 is 0 Å². The van der Waals surface area contributed by atoms with E-state index in [-0.39, 0.29) is 0 Å². The van der Waals surface area contributed by atoms with E-state index in [1.807, 2.05) is 12.1 Å². The molecule has 2 aliphatic rings. The number of nitrogens with zero attached hydrogens (tertiary/aromatic N) is 2. The molecule has 0 aromatic heterocycles. The van der Waals surface area contributed by atoms with Crippen LogP contribution in [0.2, 0.25) is 0 Å². The maximum absolute atomic E-state index is 13.0. The molecule has 1 unspecified atom stereocenters. The first-order chi connectivity index (χ1) is 11.6. The highest BCUT2D eigenvalue weighted by atomic mass is 32.2. The summed E-state index contributed by atoms with van der Waals surface area (Å²) < 4.78 is 27.7. The van der Waals surface area contributed by atoms with Gasteiger partial charge in [0.25, 0.3) is 0 Å². The SMILES string of the molecule is CCc1ccc(S(=O)(=O)N2CCC(N3CCNCC3)C2)cc1CC. The van der Waals surface area contributed by atoms with E-state index in [0.717, 1.165) is 51.0 Å². The van der Waals surface area contributed by atoms with Crippen molar-refractivity contribution in [3.63, 3.8) is 0 Å². The van der Waals surface area contributed by atoms with Crippen LogP contribution in [0.1, 0.15) is 31.4 Å². The number of aryl methyl sites for hydroxylation is 2. The van der Waals surface area contributed by atoms with Crippen LogP contribution in [0.15, 0.2) is 23.1 Å². The van der Waals surface area contributed by atoms with E-state index in [0.29, 0.717) is 24.0 Å². The van der Waals surface area contributed by atoms with Gasteiger partial charge in [0, 0.05) is 45.3 Å². The molecule has 1 aromatic rings. The summed E-state index contributed by atoms with van der Waals surface area (Å²) in [6.45, 7) is 9.49. The summed E-state index contributed by atoms with van der Waals surface area (Å²) in [4.78, 5) is 2.89. The van der Waals surface area contributed by atoms with Crippen molar-refractivity contribution in [2.24, 2.45) is 0 Å². The van der Waals surface area contributed by atoms with Gasteiger partial charge in [0.1, 0.15) is 0 Å². The predicted octanol–water partition coefficient (Wildman–Crippen LogP) is 1.48. The van der Waals surface area contributed by atoms with E-state index in [9.17, 15) is 8.42 Å². The smallest absolute Gasteiger partial charge is 0.243 e. The average molecular weight is 352 g/mol. The van der Waals surface area contributed by atoms with Gasteiger partial charge in [-0.1, -0.05) is 19.9 Å². The molecule has 0 amide bonds. The van der Waals surface area contributed by atoms with Gasteiger partial charge in [-0.3, -0.25) is 4.90 Å². The zero-order chi connectivity index (χ0) is 17.2. The molecule has 1 aromatic carbocycles. The second-order valence-electron chi connectivity index (χ2n) is 6.73. The van der Waals surface area contributed by atoms with E-state index in [4.69, 9.17) is 0 Å². The normalized spacial score (nSPS) is 23.7. The lowest BCUT2D eigenvalue weighted by atomic mass is 10.0. The van der Waals surface area contributed by atoms with Crippen molar-refractivity contribution in [1.82, 2.24) is 14.5 Å². The third-order valence-corrected chi connectivity index (χ3v) is 7.23. The summed E-state index contributed by atoms with van der Waals surface area (Å²) in [6, 6.07) is 6.01. The monoisotopic (exact) mass is 351 g/mol. The fourth-order valence-electron chi connectivity index (χ4n) is 3.86. The van der Waals surface area contributed by atoms with Crippen molar-refractivity contribution < 1.29 is 8.42 Å². The van der Waals surface area contributed by atoms with Crippen molar-refractivity contribution in [2.75, 3.05) is 39.3 Å². The average Bonchev–Trinajstić information content (AvgIpc) is 3.12. The summed E-state index contributed by atoms with van der Waals surface area (Å²) in [5, 5.41) is 3.36. The molecule has 134 valence electrons. The zero-order valence-corrected chi connectivity index (χ0v) is 15.6. The lowest BCUT2D eigenvalue weighted by molar-refractivity contribution is 0.179. The van der Waals surface area contributed by atoms with Crippen molar-refractivity contribution in [3.05, 3.63) is 29.3 Å². The topological polar surface area (TPSA) is 52.7 Å². The number of nitrogens with one attached hydrogen (secondary N) is 1. The van der Waals surface area contributed by atoms with Gasteiger partial charge in [0.15, 0.2) is 0 Å². The molecule has 24 heavy (non-hydrogen) atoms. The van der Waals surface area contributed by atoms with E-state index in [1.54, 1.807) is 10.4 Å². The van der Waals surface area contributed by atoms with Crippen molar-refractivity contribution in [3.8, 4) is 0 Å². The summed E-state index contributed by atoms with van der Waals surface area (Å²) in [5.74, 6) is 0. The first kappa shape index (κ1) is 17.9. The van der Waals surface area contributed by atoms with Gasteiger partial charge < -0.3 is 5.32 Å². The molecule has 6 heteroatoms. The van der Waals surface area contributed by atoms with Crippen LogP contribution >= 0.6 is 0 Å².